The molecule has 0 bridgehead atoms. The maximum atomic E-state index is 13.4. The normalized spacial score (nSPS) is 18.3. The molecule has 1 aromatic heterocycles. The molecular weight excluding hydrogens is 449 g/mol. The van der Waals surface area contributed by atoms with E-state index in [1.165, 1.54) is 18.6 Å². The fraction of sp³-hybridized carbons (Fsp3) is 0.630. The molecule has 1 aliphatic rings. The van der Waals surface area contributed by atoms with Gasteiger partial charge in [0.15, 0.2) is 0 Å². The Morgan fingerprint density at radius 3 is 2.51 bits per heavy atom. The van der Waals surface area contributed by atoms with Gasteiger partial charge in [-0.15, -0.1) is 0 Å². The summed E-state index contributed by atoms with van der Waals surface area (Å²) in [4.78, 5) is 28.5. The number of halogens is 1. The van der Waals surface area contributed by atoms with Crippen molar-refractivity contribution >= 4 is 22.7 Å². The van der Waals surface area contributed by atoms with Gasteiger partial charge in [0.05, 0.1) is 18.1 Å². The number of aromatic amines is 1. The minimum atomic E-state index is -1.04. The first-order chi connectivity index (χ1) is 16.6. The molecule has 3 rings (SSSR count). The summed E-state index contributed by atoms with van der Waals surface area (Å²) >= 11 is 0. The van der Waals surface area contributed by atoms with Crippen molar-refractivity contribution in [3.63, 3.8) is 0 Å². The lowest BCUT2D eigenvalue weighted by molar-refractivity contribution is -0.127. The van der Waals surface area contributed by atoms with Crippen molar-refractivity contribution in [2.45, 2.75) is 84.0 Å². The van der Waals surface area contributed by atoms with E-state index < -0.39 is 24.2 Å². The highest BCUT2D eigenvalue weighted by atomic mass is 19.1. The van der Waals surface area contributed by atoms with Crippen LogP contribution >= 0.6 is 0 Å². The zero-order valence-electron chi connectivity index (χ0n) is 21.0. The number of benzene rings is 1. The highest BCUT2D eigenvalue weighted by molar-refractivity contribution is 5.98. The van der Waals surface area contributed by atoms with Gasteiger partial charge in [-0.2, -0.15) is 0 Å². The molecule has 1 saturated carbocycles. The van der Waals surface area contributed by atoms with E-state index in [1.54, 1.807) is 19.1 Å². The summed E-state index contributed by atoms with van der Waals surface area (Å²) in [5, 5.41) is 27.7. The van der Waals surface area contributed by atoms with E-state index in [0.29, 0.717) is 35.4 Å². The van der Waals surface area contributed by atoms with Crippen molar-refractivity contribution in [3.05, 3.63) is 35.8 Å². The van der Waals surface area contributed by atoms with E-state index in [2.05, 4.69) is 15.6 Å². The standard InChI is InChI=1S/C27H40FN3O4/c1-16(2)11-24(32)25(33)22(12-18-7-5-4-6-8-18)31-26(34)17(3)15-29-27(35)23-14-19-13-20(28)9-10-21(19)30-23/h9-10,13-14,16-18,22,24-25,30,32-33H,4-8,11-12,15H2,1-3H3,(H,29,35)(H,31,34)/t17-,22+,24-,25+/m0/s1. The molecule has 1 aromatic carbocycles. The summed E-state index contributed by atoms with van der Waals surface area (Å²) in [6, 6.07) is 5.28. The number of hydrogen-bond acceptors (Lipinski definition) is 4. The Labute approximate surface area is 206 Å². The molecule has 0 spiro atoms. The van der Waals surface area contributed by atoms with E-state index in [0.717, 1.165) is 25.7 Å². The second-order valence-corrected chi connectivity index (χ2v) is 10.6. The third-order valence-corrected chi connectivity index (χ3v) is 7.00. The molecule has 2 amide bonds. The van der Waals surface area contributed by atoms with Gasteiger partial charge in [-0.1, -0.05) is 52.9 Å². The number of amides is 2. The SMILES string of the molecule is CC(C)C[C@H](O)[C@H](O)[C@@H](CC1CCCCC1)NC(=O)[C@@H](C)CNC(=O)c1cc2cc(F)ccc2[nH]1. The van der Waals surface area contributed by atoms with Crippen LogP contribution in [-0.2, 0) is 4.79 Å². The van der Waals surface area contributed by atoms with Crippen molar-refractivity contribution in [1.29, 1.82) is 0 Å². The lowest BCUT2D eigenvalue weighted by Gasteiger charge is -2.33. The van der Waals surface area contributed by atoms with Crippen LogP contribution in [0.15, 0.2) is 24.3 Å². The van der Waals surface area contributed by atoms with Crippen molar-refractivity contribution in [3.8, 4) is 0 Å². The van der Waals surface area contributed by atoms with Gasteiger partial charge < -0.3 is 25.8 Å². The van der Waals surface area contributed by atoms with E-state index in [-0.39, 0.29) is 30.1 Å². The van der Waals surface area contributed by atoms with Crippen molar-refractivity contribution in [1.82, 2.24) is 15.6 Å². The number of H-pyrrole nitrogens is 1. The highest BCUT2D eigenvalue weighted by Gasteiger charge is 2.32. The Kier molecular flexibility index (Phi) is 9.69. The zero-order valence-corrected chi connectivity index (χ0v) is 21.0. The fourth-order valence-electron chi connectivity index (χ4n) is 4.94. The largest absolute Gasteiger partial charge is 0.390 e. The molecule has 194 valence electrons. The van der Waals surface area contributed by atoms with Gasteiger partial charge in [-0.25, -0.2) is 4.39 Å². The Bertz CT molecular complexity index is 986. The predicted octanol–water partition coefficient (Wildman–Crippen LogP) is 3.90. The van der Waals surface area contributed by atoms with Gasteiger partial charge in [-0.05, 0) is 48.9 Å². The van der Waals surface area contributed by atoms with Gasteiger partial charge >= 0.3 is 0 Å². The minimum absolute atomic E-state index is 0.106. The number of nitrogens with one attached hydrogen (secondary N) is 3. The molecule has 8 heteroatoms. The zero-order chi connectivity index (χ0) is 25.5. The Morgan fingerprint density at radius 2 is 1.83 bits per heavy atom. The molecule has 0 radical (unpaired) electrons. The van der Waals surface area contributed by atoms with Gasteiger partial charge in [-0.3, -0.25) is 9.59 Å². The van der Waals surface area contributed by atoms with E-state index in [1.807, 2.05) is 13.8 Å². The van der Waals surface area contributed by atoms with Crippen molar-refractivity contribution < 1.29 is 24.2 Å². The quantitative estimate of drug-likeness (QED) is 0.329. The number of aliphatic hydroxyl groups excluding tert-OH is 2. The number of carbonyl (C=O) groups is 2. The van der Waals surface area contributed by atoms with Gasteiger partial charge in [0.25, 0.3) is 5.91 Å². The first kappa shape index (κ1) is 27.1. The number of carbonyl (C=O) groups excluding carboxylic acids is 2. The second kappa shape index (κ2) is 12.5. The summed E-state index contributed by atoms with van der Waals surface area (Å²) in [6.45, 7) is 5.79. The molecule has 0 unspecified atom stereocenters. The number of fused-ring (bicyclic) bond motifs is 1. The van der Waals surface area contributed by atoms with E-state index >= 15 is 0 Å². The van der Waals surface area contributed by atoms with Crippen molar-refractivity contribution in [2.75, 3.05) is 6.54 Å². The van der Waals surface area contributed by atoms with Crippen LogP contribution < -0.4 is 10.6 Å². The topological polar surface area (TPSA) is 114 Å². The van der Waals surface area contributed by atoms with Gasteiger partial charge in [0, 0.05) is 17.4 Å². The maximum Gasteiger partial charge on any atom is 0.267 e. The molecule has 5 N–H and O–H groups in total. The summed E-state index contributed by atoms with van der Waals surface area (Å²) in [6.07, 6.45) is 4.79. The monoisotopic (exact) mass is 489 g/mol. The van der Waals surface area contributed by atoms with Crippen LogP contribution in [-0.4, -0.2) is 51.8 Å². The minimum Gasteiger partial charge on any atom is -0.390 e. The third-order valence-electron chi connectivity index (χ3n) is 7.00. The predicted molar refractivity (Wildman–Crippen MR) is 134 cm³/mol. The van der Waals surface area contributed by atoms with Crippen LogP contribution in [0, 0.1) is 23.6 Å². The lowest BCUT2D eigenvalue weighted by atomic mass is 9.82. The second-order valence-electron chi connectivity index (χ2n) is 10.6. The molecule has 7 nitrogen and oxygen atoms in total. The number of rotatable bonds is 11. The van der Waals surface area contributed by atoms with E-state index in [9.17, 15) is 24.2 Å². The number of hydrogen-bond donors (Lipinski definition) is 5. The van der Waals surface area contributed by atoms with Crippen LogP contribution in [0.5, 0.6) is 0 Å². The molecule has 2 aromatic rings. The van der Waals surface area contributed by atoms with Crippen LogP contribution in [0.3, 0.4) is 0 Å². The first-order valence-electron chi connectivity index (χ1n) is 12.9. The molecule has 1 heterocycles. The average Bonchev–Trinajstić information content (AvgIpc) is 3.24. The van der Waals surface area contributed by atoms with Crippen LogP contribution in [0.2, 0.25) is 0 Å². The van der Waals surface area contributed by atoms with Crippen LogP contribution in [0.25, 0.3) is 10.9 Å². The summed E-state index contributed by atoms with van der Waals surface area (Å²) in [5.74, 6) is -0.938. The molecule has 0 saturated heterocycles. The summed E-state index contributed by atoms with van der Waals surface area (Å²) in [5.41, 5.74) is 0.947. The Hall–Kier alpha value is -2.45. The lowest BCUT2D eigenvalue weighted by Crippen LogP contribution is -2.52. The summed E-state index contributed by atoms with van der Waals surface area (Å²) < 4.78 is 13.4. The van der Waals surface area contributed by atoms with E-state index in [4.69, 9.17) is 0 Å². The fourth-order valence-corrected chi connectivity index (χ4v) is 4.94. The molecule has 4 atom stereocenters. The smallest absolute Gasteiger partial charge is 0.267 e. The average molecular weight is 490 g/mol. The molecule has 35 heavy (non-hydrogen) atoms. The van der Waals surface area contributed by atoms with Crippen LogP contribution in [0.1, 0.15) is 76.2 Å². The third kappa shape index (κ3) is 7.77. The van der Waals surface area contributed by atoms with Crippen molar-refractivity contribution in [2.24, 2.45) is 17.8 Å². The molecule has 1 aliphatic carbocycles. The van der Waals surface area contributed by atoms with Gasteiger partial charge in [0.2, 0.25) is 5.91 Å². The Morgan fingerprint density at radius 1 is 1.11 bits per heavy atom. The number of aromatic nitrogens is 1. The molecular formula is C27H40FN3O4. The molecule has 1 fully saturated rings. The maximum absolute atomic E-state index is 13.4. The highest BCUT2D eigenvalue weighted by Crippen LogP contribution is 2.29. The first-order valence-corrected chi connectivity index (χ1v) is 12.9. The van der Waals surface area contributed by atoms with Gasteiger partial charge in [0.1, 0.15) is 17.6 Å². The number of aliphatic hydroxyl groups is 2. The summed E-state index contributed by atoms with van der Waals surface area (Å²) in [7, 11) is 0. The molecule has 0 aliphatic heterocycles. The Balaban J connectivity index is 1.58. The van der Waals surface area contributed by atoms with Crippen LogP contribution in [0.4, 0.5) is 4.39 Å².